The first-order chi connectivity index (χ1) is 10.3. The number of benzene rings is 1. The Kier molecular flexibility index (Phi) is 3.48. The van der Waals surface area contributed by atoms with Gasteiger partial charge in [-0.25, -0.2) is 0 Å². The van der Waals surface area contributed by atoms with E-state index in [4.69, 9.17) is 0 Å². The average Bonchev–Trinajstić information content (AvgIpc) is 2.54. The minimum Gasteiger partial charge on any atom is -0.379 e. The Morgan fingerprint density at radius 1 is 1.10 bits per heavy atom. The third-order valence-electron chi connectivity index (χ3n) is 3.34. The molecule has 4 nitrogen and oxygen atoms in total. The molecular weight excluding hydrogens is 260 g/mol. The van der Waals surface area contributed by atoms with Crippen molar-refractivity contribution in [2.24, 2.45) is 0 Å². The first kappa shape index (κ1) is 13.1. The molecule has 0 radical (unpaired) electrons. The molecule has 0 aliphatic heterocycles. The zero-order valence-corrected chi connectivity index (χ0v) is 11.7. The quantitative estimate of drug-likeness (QED) is 0.795. The fourth-order valence-corrected chi connectivity index (χ4v) is 2.21. The zero-order chi connectivity index (χ0) is 14.7. The summed E-state index contributed by atoms with van der Waals surface area (Å²) in [5.41, 5.74) is 4.31. The lowest BCUT2D eigenvalue weighted by Gasteiger charge is -2.11. The molecule has 0 unspecified atom stereocenters. The summed E-state index contributed by atoms with van der Waals surface area (Å²) in [5.74, 6) is 0. The summed E-state index contributed by atoms with van der Waals surface area (Å²) in [6.07, 6.45) is 3.45. The van der Waals surface area contributed by atoms with E-state index in [1.807, 2.05) is 49.5 Å². The maximum atomic E-state index is 9.27. The van der Waals surface area contributed by atoms with Crippen LogP contribution in [0.3, 0.4) is 0 Å². The van der Waals surface area contributed by atoms with Crippen LogP contribution in [0.4, 0.5) is 5.69 Å². The first-order valence-corrected chi connectivity index (χ1v) is 6.71. The Morgan fingerprint density at radius 3 is 2.71 bits per heavy atom. The predicted octanol–water partition coefficient (Wildman–Crippen LogP) is 3.42. The molecule has 0 aliphatic rings. The van der Waals surface area contributed by atoms with Crippen LogP contribution in [0, 0.1) is 18.3 Å². The topological polar surface area (TPSA) is 61.6 Å². The molecule has 4 heteroatoms. The average molecular weight is 274 g/mol. The van der Waals surface area contributed by atoms with Crippen molar-refractivity contribution < 1.29 is 0 Å². The van der Waals surface area contributed by atoms with E-state index in [9.17, 15) is 5.26 Å². The smallest absolute Gasteiger partial charge is 0.103 e. The maximum Gasteiger partial charge on any atom is 0.103 e. The van der Waals surface area contributed by atoms with Gasteiger partial charge < -0.3 is 5.32 Å². The van der Waals surface area contributed by atoms with Crippen molar-refractivity contribution in [3.05, 3.63) is 65.6 Å². The Balaban J connectivity index is 1.95. The van der Waals surface area contributed by atoms with Crippen LogP contribution in [0.25, 0.3) is 10.9 Å². The summed E-state index contributed by atoms with van der Waals surface area (Å²) in [5, 5.41) is 13.6. The molecule has 2 heterocycles. The number of anilines is 1. The highest BCUT2D eigenvalue weighted by molar-refractivity contribution is 5.93. The number of para-hydroxylation sites is 1. The van der Waals surface area contributed by atoms with Gasteiger partial charge in [0.05, 0.1) is 16.8 Å². The third-order valence-corrected chi connectivity index (χ3v) is 3.34. The van der Waals surface area contributed by atoms with Gasteiger partial charge in [0.1, 0.15) is 6.07 Å². The number of pyridine rings is 2. The second-order valence-electron chi connectivity index (χ2n) is 4.84. The highest BCUT2D eigenvalue weighted by Crippen LogP contribution is 2.25. The van der Waals surface area contributed by atoms with Crippen LogP contribution in [0.5, 0.6) is 0 Å². The predicted molar refractivity (Wildman–Crippen MR) is 82.8 cm³/mol. The van der Waals surface area contributed by atoms with E-state index < -0.39 is 0 Å². The molecule has 2 aromatic heterocycles. The van der Waals surface area contributed by atoms with Crippen LogP contribution in [-0.4, -0.2) is 9.97 Å². The maximum absolute atomic E-state index is 9.27. The molecule has 0 bridgehead atoms. The van der Waals surface area contributed by atoms with Gasteiger partial charge in [0, 0.05) is 30.0 Å². The minimum absolute atomic E-state index is 0.550. The van der Waals surface area contributed by atoms with Gasteiger partial charge in [-0.05, 0) is 24.6 Å². The first-order valence-electron chi connectivity index (χ1n) is 6.71. The number of nitriles is 1. The van der Waals surface area contributed by atoms with Crippen LogP contribution in [0.15, 0.2) is 48.8 Å². The Labute approximate surface area is 123 Å². The molecular formula is C17H14N4. The molecule has 0 fully saturated rings. The summed E-state index contributed by atoms with van der Waals surface area (Å²) in [7, 11) is 0. The standard InChI is InChI=1S/C17H14N4/c1-12-6-7-13(9-19-12)10-21-17-14(8-18)11-20-16-5-3-2-4-15(16)17/h2-7,9,11H,10H2,1H3,(H,20,21). The molecule has 1 aromatic carbocycles. The van der Waals surface area contributed by atoms with Gasteiger partial charge in [-0.1, -0.05) is 24.3 Å². The van der Waals surface area contributed by atoms with Crippen molar-refractivity contribution in [2.45, 2.75) is 13.5 Å². The normalized spacial score (nSPS) is 10.3. The molecule has 0 spiro atoms. The van der Waals surface area contributed by atoms with Crippen LogP contribution in [0.2, 0.25) is 0 Å². The van der Waals surface area contributed by atoms with Crippen molar-refractivity contribution in [3.63, 3.8) is 0 Å². The fraction of sp³-hybridized carbons (Fsp3) is 0.118. The Hall–Kier alpha value is -2.93. The van der Waals surface area contributed by atoms with E-state index in [-0.39, 0.29) is 0 Å². The molecule has 3 rings (SSSR count). The number of rotatable bonds is 3. The number of nitrogens with one attached hydrogen (secondary N) is 1. The summed E-state index contributed by atoms with van der Waals surface area (Å²) >= 11 is 0. The number of hydrogen-bond donors (Lipinski definition) is 1. The summed E-state index contributed by atoms with van der Waals surface area (Å²) < 4.78 is 0. The van der Waals surface area contributed by atoms with Gasteiger partial charge in [0.25, 0.3) is 0 Å². The van der Waals surface area contributed by atoms with Crippen molar-refractivity contribution in [3.8, 4) is 6.07 Å². The lowest BCUT2D eigenvalue weighted by atomic mass is 10.1. The van der Waals surface area contributed by atoms with Gasteiger partial charge in [-0.3, -0.25) is 9.97 Å². The van der Waals surface area contributed by atoms with Gasteiger partial charge in [0.15, 0.2) is 0 Å². The van der Waals surface area contributed by atoms with Gasteiger partial charge in [-0.15, -0.1) is 0 Å². The molecule has 0 amide bonds. The SMILES string of the molecule is Cc1ccc(CNc2c(C#N)cnc3ccccc23)cn1. The molecule has 1 N–H and O–H groups in total. The molecule has 0 aliphatic carbocycles. The molecule has 0 atom stereocenters. The summed E-state index contributed by atoms with van der Waals surface area (Å²) in [6.45, 7) is 2.58. The van der Waals surface area contributed by atoms with E-state index in [0.717, 1.165) is 27.8 Å². The van der Waals surface area contributed by atoms with Crippen LogP contribution < -0.4 is 5.32 Å². The lowest BCUT2D eigenvalue weighted by molar-refractivity contribution is 1.08. The zero-order valence-electron chi connectivity index (χ0n) is 11.7. The van der Waals surface area contributed by atoms with Crippen molar-refractivity contribution in [1.29, 1.82) is 5.26 Å². The molecule has 0 saturated carbocycles. The van der Waals surface area contributed by atoms with Crippen LogP contribution in [0.1, 0.15) is 16.8 Å². The molecule has 0 saturated heterocycles. The second kappa shape index (κ2) is 5.59. The van der Waals surface area contributed by atoms with Gasteiger partial charge >= 0.3 is 0 Å². The van der Waals surface area contributed by atoms with Crippen LogP contribution in [-0.2, 0) is 6.54 Å². The fourth-order valence-electron chi connectivity index (χ4n) is 2.21. The molecule has 3 aromatic rings. The highest BCUT2D eigenvalue weighted by Gasteiger charge is 2.08. The molecule has 102 valence electrons. The minimum atomic E-state index is 0.550. The van der Waals surface area contributed by atoms with E-state index >= 15 is 0 Å². The highest BCUT2D eigenvalue weighted by atomic mass is 14.9. The monoisotopic (exact) mass is 274 g/mol. The van der Waals surface area contributed by atoms with Gasteiger partial charge in [0.2, 0.25) is 0 Å². The summed E-state index contributed by atoms with van der Waals surface area (Å²) in [6, 6.07) is 14.0. The number of fused-ring (bicyclic) bond motifs is 1. The number of aromatic nitrogens is 2. The lowest BCUT2D eigenvalue weighted by Crippen LogP contribution is -2.03. The van der Waals surface area contributed by atoms with Crippen LogP contribution >= 0.6 is 0 Å². The van der Waals surface area contributed by atoms with Crippen molar-refractivity contribution >= 4 is 16.6 Å². The number of aryl methyl sites for hydroxylation is 1. The summed E-state index contributed by atoms with van der Waals surface area (Å²) in [4.78, 5) is 8.58. The Morgan fingerprint density at radius 2 is 1.95 bits per heavy atom. The van der Waals surface area contributed by atoms with E-state index in [1.54, 1.807) is 6.20 Å². The second-order valence-corrected chi connectivity index (χ2v) is 4.84. The van der Waals surface area contributed by atoms with E-state index in [2.05, 4.69) is 21.4 Å². The molecule has 21 heavy (non-hydrogen) atoms. The van der Waals surface area contributed by atoms with Crippen molar-refractivity contribution in [2.75, 3.05) is 5.32 Å². The van der Waals surface area contributed by atoms with E-state index in [1.165, 1.54) is 0 Å². The third kappa shape index (κ3) is 2.67. The van der Waals surface area contributed by atoms with E-state index in [0.29, 0.717) is 12.1 Å². The van der Waals surface area contributed by atoms with Crippen molar-refractivity contribution in [1.82, 2.24) is 9.97 Å². The number of nitrogens with zero attached hydrogens (tertiary/aromatic N) is 3. The van der Waals surface area contributed by atoms with Gasteiger partial charge in [-0.2, -0.15) is 5.26 Å². The largest absolute Gasteiger partial charge is 0.379 e. The Bertz CT molecular complexity index is 816. The number of hydrogen-bond acceptors (Lipinski definition) is 4.